The van der Waals surface area contributed by atoms with Crippen LogP contribution in [-0.2, 0) is 6.18 Å². The normalized spacial score (nSPS) is 11.5. The van der Waals surface area contributed by atoms with Crippen LogP contribution in [0.2, 0.25) is 0 Å². The van der Waals surface area contributed by atoms with Gasteiger partial charge in [0.1, 0.15) is 0 Å². The molecule has 0 saturated carbocycles. The maximum absolute atomic E-state index is 12.4. The van der Waals surface area contributed by atoms with Gasteiger partial charge in [-0.2, -0.15) is 13.2 Å². The summed E-state index contributed by atoms with van der Waals surface area (Å²) in [6, 6.07) is 1.23. The molecule has 1 aromatic rings. The van der Waals surface area contributed by atoms with E-state index in [1.807, 2.05) is 0 Å². The molecule has 0 aliphatic carbocycles. The highest BCUT2D eigenvalue weighted by Gasteiger charge is 2.36. The van der Waals surface area contributed by atoms with Crippen molar-refractivity contribution in [3.8, 4) is 11.5 Å². The zero-order valence-electron chi connectivity index (χ0n) is 7.59. The Morgan fingerprint density at radius 3 is 2.20 bits per heavy atom. The Morgan fingerprint density at radius 2 is 1.80 bits per heavy atom. The third-order valence-corrected chi connectivity index (χ3v) is 1.81. The Kier molecular flexibility index (Phi) is 2.61. The van der Waals surface area contributed by atoms with Crippen molar-refractivity contribution in [2.45, 2.75) is 13.1 Å². The summed E-state index contributed by atoms with van der Waals surface area (Å²) in [5.41, 5.74) is -2.17. The van der Waals surface area contributed by atoms with Crippen molar-refractivity contribution >= 4 is 5.78 Å². The third kappa shape index (κ3) is 2.03. The number of phenolic OH excluding ortho intramolecular Hbond substituents is 2. The molecule has 0 saturated heterocycles. The maximum Gasteiger partial charge on any atom is 0.417 e. The molecule has 3 nitrogen and oxygen atoms in total. The van der Waals surface area contributed by atoms with E-state index in [0.717, 1.165) is 6.92 Å². The molecule has 0 amide bonds. The predicted molar refractivity (Wildman–Crippen MR) is 44.8 cm³/mol. The molecule has 82 valence electrons. The number of halogens is 3. The van der Waals surface area contributed by atoms with Crippen LogP contribution in [0.1, 0.15) is 22.8 Å². The van der Waals surface area contributed by atoms with E-state index in [4.69, 9.17) is 10.2 Å². The molecule has 1 aromatic carbocycles. The fraction of sp³-hybridized carbons (Fsp3) is 0.222. The van der Waals surface area contributed by atoms with E-state index in [-0.39, 0.29) is 0 Å². The summed E-state index contributed by atoms with van der Waals surface area (Å²) in [5.74, 6) is -2.76. The van der Waals surface area contributed by atoms with Gasteiger partial charge in [0.25, 0.3) is 0 Å². The van der Waals surface area contributed by atoms with Gasteiger partial charge in [-0.05, 0) is 19.1 Å². The molecule has 2 N–H and O–H groups in total. The third-order valence-electron chi connectivity index (χ3n) is 1.81. The standard InChI is InChI=1S/C9H7F3O3/c1-4(13)7-5(9(10,11)12)2-3-6(14)8(7)15/h2-3,14-15H,1H3. The summed E-state index contributed by atoms with van der Waals surface area (Å²) in [6.45, 7) is 0.879. The SMILES string of the molecule is CC(=O)c1c(C(F)(F)F)ccc(O)c1O. The molecule has 1 rings (SSSR count). The molecule has 0 aliphatic rings. The highest BCUT2D eigenvalue weighted by Crippen LogP contribution is 2.39. The maximum atomic E-state index is 12.4. The second-order valence-electron chi connectivity index (χ2n) is 2.91. The van der Waals surface area contributed by atoms with Gasteiger partial charge in [0.05, 0.1) is 11.1 Å². The van der Waals surface area contributed by atoms with E-state index in [9.17, 15) is 18.0 Å². The number of hydrogen-bond acceptors (Lipinski definition) is 3. The van der Waals surface area contributed by atoms with Gasteiger partial charge in [-0.15, -0.1) is 0 Å². The summed E-state index contributed by atoms with van der Waals surface area (Å²) < 4.78 is 37.1. The molecule has 0 unspecified atom stereocenters. The van der Waals surface area contributed by atoms with Gasteiger partial charge in [0.15, 0.2) is 17.3 Å². The van der Waals surface area contributed by atoms with Crippen molar-refractivity contribution in [1.29, 1.82) is 0 Å². The summed E-state index contributed by atoms with van der Waals surface area (Å²) in [4.78, 5) is 10.9. The first kappa shape index (κ1) is 11.4. The Balaban J connectivity index is 3.55. The molecular formula is C9H7F3O3. The van der Waals surface area contributed by atoms with Crippen molar-refractivity contribution in [2.75, 3.05) is 0 Å². The Labute approximate surface area is 82.8 Å². The van der Waals surface area contributed by atoms with E-state index in [2.05, 4.69) is 0 Å². The van der Waals surface area contributed by atoms with Gasteiger partial charge in [-0.3, -0.25) is 4.79 Å². The van der Waals surface area contributed by atoms with Crippen LogP contribution in [0.4, 0.5) is 13.2 Å². The van der Waals surface area contributed by atoms with Crippen LogP contribution in [0.25, 0.3) is 0 Å². The van der Waals surface area contributed by atoms with E-state index in [0.29, 0.717) is 12.1 Å². The van der Waals surface area contributed by atoms with Crippen molar-refractivity contribution in [3.05, 3.63) is 23.3 Å². The Morgan fingerprint density at radius 1 is 1.27 bits per heavy atom. The van der Waals surface area contributed by atoms with Crippen LogP contribution in [0.5, 0.6) is 11.5 Å². The van der Waals surface area contributed by atoms with Crippen LogP contribution >= 0.6 is 0 Å². The van der Waals surface area contributed by atoms with Crippen LogP contribution in [0.3, 0.4) is 0 Å². The number of carbonyl (C=O) groups is 1. The van der Waals surface area contributed by atoms with Crippen molar-refractivity contribution in [3.63, 3.8) is 0 Å². The number of benzene rings is 1. The average molecular weight is 220 g/mol. The number of carbonyl (C=O) groups excluding carboxylic acids is 1. The van der Waals surface area contributed by atoms with Gasteiger partial charge in [0.2, 0.25) is 0 Å². The quantitative estimate of drug-likeness (QED) is 0.564. The van der Waals surface area contributed by atoms with E-state index in [1.54, 1.807) is 0 Å². The van der Waals surface area contributed by atoms with Gasteiger partial charge in [0, 0.05) is 0 Å². The number of phenols is 2. The lowest BCUT2D eigenvalue weighted by Crippen LogP contribution is -2.11. The highest BCUT2D eigenvalue weighted by molar-refractivity contribution is 5.99. The van der Waals surface area contributed by atoms with Crippen molar-refractivity contribution < 1.29 is 28.2 Å². The molecule has 0 heterocycles. The fourth-order valence-corrected chi connectivity index (χ4v) is 1.17. The van der Waals surface area contributed by atoms with Gasteiger partial charge >= 0.3 is 6.18 Å². The second kappa shape index (κ2) is 3.45. The Bertz CT molecular complexity index is 410. The molecule has 0 bridgehead atoms. The molecule has 0 fully saturated rings. The fourth-order valence-electron chi connectivity index (χ4n) is 1.17. The van der Waals surface area contributed by atoms with Crippen molar-refractivity contribution in [1.82, 2.24) is 0 Å². The van der Waals surface area contributed by atoms with Crippen LogP contribution in [0, 0.1) is 0 Å². The van der Waals surface area contributed by atoms with Gasteiger partial charge in [-0.25, -0.2) is 0 Å². The lowest BCUT2D eigenvalue weighted by Gasteiger charge is -2.12. The van der Waals surface area contributed by atoms with Crippen LogP contribution < -0.4 is 0 Å². The summed E-state index contributed by atoms with van der Waals surface area (Å²) >= 11 is 0. The lowest BCUT2D eigenvalue weighted by molar-refractivity contribution is -0.138. The molecule has 0 atom stereocenters. The monoisotopic (exact) mass is 220 g/mol. The molecular weight excluding hydrogens is 213 g/mol. The zero-order valence-corrected chi connectivity index (χ0v) is 7.59. The zero-order chi connectivity index (χ0) is 11.8. The molecule has 0 aliphatic heterocycles. The first-order chi connectivity index (χ1) is 6.75. The second-order valence-corrected chi connectivity index (χ2v) is 2.91. The highest BCUT2D eigenvalue weighted by atomic mass is 19.4. The molecule has 0 aromatic heterocycles. The van der Waals surface area contributed by atoms with Gasteiger partial charge < -0.3 is 10.2 Å². The number of Topliss-reactive ketones (excluding diaryl/α,β-unsaturated/α-hetero) is 1. The van der Waals surface area contributed by atoms with Crippen LogP contribution in [0.15, 0.2) is 12.1 Å². The Hall–Kier alpha value is -1.72. The smallest absolute Gasteiger partial charge is 0.417 e. The summed E-state index contributed by atoms with van der Waals surface area (Å²) in [6.07, 6.45) is -4.74. The van der Waals surface area contributed by atoms with Gasteiger partial charge in [-0.1, -0.05) is 0 Å². The van der Waals surface area contributed by atoms with E-state index in [1.165, 1.54) is 0 Å². The number of alkyl halides is 3. The number of aromatic hydroxyl groups is 2. The largest absolute Gasteiger partial charge is 0.504 e. The molecule has 15 heavy (non-hydrogen) atoms. The van der Waals surface area contributed by atoms with E-state index < -0.39 is 34.6 Å². The lowest BCUT2D eigenvalue weighted by atomic mass is 10.0. The van der Waals surface area contributed by atoms with Crippen LogP contribution in [-0.4, -0.2) is 16.0 Å². The minimum absolute atomic E-state index is 0.547. The first-order valence-corrected chi connectivity index (χ1v) is 3.88. The molecule has 6 heteroatoms. The summed E-state index contributed by atoms with van der Waals surface area (Å²) in [5, 5.41) is 18.1. The average Bonchev–Trinajstić information content (AvgIpc) is 2.06. The molecule has 0 spiro atoms. The topological polar surface area (TPSA) is 57.5 Å². The molecule has 0 radical (unpaired) electrons. The minimum Gasteiger partial charge on any atom is -0.504 e. The number of ketones is 1. The first-order valence-electron chi connectivity index (χ1n) is 3.88. The number of hydrogen-bond donors (Lipinski definition) is 2. The predicted octanol–water partition coefficient (Wildman–Crippen LogP) is 2.32. The van der Waals surface area contributed by atoms with Crippen molar-refractivity contribution in [2.24, 2.45) is 0 Å². The van der Waals surface area contributed by atoms with E-state index >= 15 is 0 Å². The minimum atomic E-state index is -4.74. The summed E-state index contributed by atoms with van der Waals surface area (Å²) in [7, 11) is 0. The number of rotatable bonds is 1.